The molecule has 0 aliphatic heterocycles. The maximum atomic E-state index is 12.2. The average molecular weight is 325 g/mol. The van der Waals surface area contributed by atoms with Crippen LogP contribution in [0.2, 0.25) is 5.02 Å². The number of aryl methyl sites for hydroxylation is 1. The van der Waals surface area contributed by atoms with Crippen LogP contribution in [0, 0.1) is 6.92 Å². The minimum absolute atomic E-state index is 0.0255. The van der Waals surface area contributed by atoms with E-state index in [-0.39, 0.29) is 11.9 Å². The summed E-state index contributed by atoms with van der Waals surface area (Å²) in [6.07, 6.45) is 0. The van der Waals surface area contributed by atoms with Gasteiger partial charge < -0.3 is 4.90 Å². The van der Waals surface area contributed by atoms with Crippen molar-refractivity contribution in [1.29, 1.82) is 0 Å². The van der Waals surface area contributed by atoms with Gasteiger partial charge in [0.1, 0.15) is 4.88 Å². The van der Waals surface area contributed by atoms with Crippen molar-refractivity contribution in [3.8, 4) is 0 Å². The Labute approximate surface area is 114 Å². The molecule has 0 aromatic carbocycles. The molecular weight excluding hydrogens is 310 g/mol. The smallest absolute Gasteiger partial charge is 0.265 e. The first kappa shape index (κ1) is 14.0. The highest BCUT2D eigenvalue weighted by atomic mass is 79.9. The minimum atomic E-state index is 0.0255. The standard InChI is InChI=1S/C11H15BrClNOS/c1-7(2)14(5-4-12)11(15)10-9(13)8(3)6-16-10/h6-7H,4-5H2,1-3H3. The topological polar surface area (TPSA) is 20.3 Å². The van der Waals surface area contributed by atoms with E-state index >= 15 is 0 Å². The summed E-state index contributed by atoms with van der Waals surface area (Å²) in [6.45, 7) is 6.63. The summed E-state index contributed by atoms with van der Waals surface area (Å²) in [5.74, 6) is 0.0255. The van der Waals surface area contributed by atoms with Crippen molar-refractivity contribution in [3.63, 3.8) is 0 Å². The molecule has 0 radical (unpaired) electrons. The Bertz CT molecular complexity index is 378. The van der Waals surface area contributed by atoms with Gasteiger partial charge in [-0.15, -0.1) is 11.3 Å². The Morgan fingerprint density at radius 3 is 2.62 bits per heavy atom. The highest BCUT2D eigenvalue weighted by Gasteiger charge is 2.22. The zero-order chi connectivity index (χ0) is 12.3. The van der Waals surface area contributed by atoms with Gasteiger partial charge in [0.15, 0.2) is 0 Å². The predicted octanol–water partition coefficient (Wildman–Crippen LogP) is 3.96. The zero-order valence-corrected chi connectivity index (χ0v) is 12.7. The number of hydrogen-bond donors (Lipinski definition) is 0. The number of carbonyl (C=O) groups is 1. The van der Waals surface area contributed by atoms with E-state index in [9.17, 15) is 4.79 Å². The van der Waals surface area contributed by atoms with Crippen LogP contribution >= 0.6 is 38.9 Å². The van der Waals surface area contributed by atoms with Gasteiger partial charge in [0.25, 0.3) is 5.91 Å². The lowest BCUT2D eigenvalue weighted by Gasteiger charge is -2.25. The highest BCUT2D eigenvalue weighted by molar-refractivity contribution is 9.09. The van der Waals surface area contributed by atoms with E-state index < -0.39 is 0 Å². The van der Waals surface area contributed by atoms with Crippen LogP contribution in [0.3, 0.4) is 0 Å². The molecule has 1 amide bonds. The van der Waals surface area contributed by atoms with Gasteiger partial charge in [0, 0.05) is 17.9 Å². The predicted molar refractivity (Wildman–Crippen MR) is 74.0 cm³/mol. The number of hydrogen-bond acceptors (Lipinski definition) is 2. The van der Waals surface area contributed by atoms with Crippen LogP contribution < -0.4 is 0 Å². The Hall–Kier alpha value is -0.0600. The van der Waals surface area contributed by atoms with Crippen molar-refractivity contribution in [2.24, 2.45) is 0 Å². The molecule has 90 valence electrons. The first-order valence-corrected chi connectivity index (χ1v) is 7.47. The number of amides is 1. The Balaban J connectivity index is 2.95. The first-order chi connectivity index (χ1) is 7.49. The van der Waals surface area contributed by atoms with Gasteiger partial charge in [0.2, 0.25) is 0 Å². The number of carbonyl (C=O) groups excluding carboxylic acids is 1. The molecule has 1 rings (SSSR count). The van der Waals surface area contributed by atoms with Crippen LogP contribution in [0.15, 0.2) is 5.38 Å². The van der Waals surface area contributed by atoms with E-state index in [2.05, 4.69) is 15.9 Å². The summed E-state index contributed by atoms with van der Waals surface area (Å²) in [7, 11) is 0. The van der Waals surface area contributed by atoms with Crippen molar-refractivity contribution in [2.75, 3.05) is 11.9 Å². The van der Waals surface area contributed by atoms with Gasteiger partial charge in [-0.1, -0.05) is 27.5 Å². The lowest BCUT2D eigenvalue weighted by molar-refractivity contribution is 0.0724. The summed E-state index contributed by atoms with van der Waals surface area (Å²) >= 11 is 10.9. The van der Waals surface area contributed by atoms with E-state index in [1.807, 2.05) is 31.1 Å². The maximum Gasteiger partial charge on any atom is 0.265 e. The molecule has 0 N–H and O–H groups in total. The van der Waals surface area contributed by atoms with E-state index in [1.165, 1.54) is 11.3 Å². The molecule has 2 nitrogen and oxygen atoms in total. The summed E-state index contributed by atoms with van der Waals surface area (Å²) in [5.41, 5.74) is 0.970. The van der Waals surface area contributed by atoms with Crippen LogP contribution in [0.4, 0.5) is 0 Å². The molecule has 1 aromatic rings. The minimum Gasteiger partial charge on any atom is -0.335 e. The maximum absolute atomic E-state index is 12.2. The van der Waals surface area contributed by atoms with Gasteiger partial charge in [-0.25, -0.2) is 0 Å². The van der Waals surface area contributed by atoms with Gasteiger partial charge in [-0.3, -0.25) is 4.79 Å². The van der Waals surface area contributed by atoms with Gasteiger partial charge >= 0.3 is 0 Å². The second-order valence-corrected chi connectivity index (χ2v) is 5.89. The van der Waals surface area contributed by atoms with Gasteiger partial charge in [-0.05, 0) is 31.7 Å². The van der Waals surface area contributed by atoms with Crippen molar-refractivity contribution in [3.05, 3.63) is 20.8 Å². The van der Waals surface area contributed by atoms with Gasteiger partial charge in [0.05, 0.1) is 5.02 Å². The molecule has 5 heteroatoms. The van der Waals surface area contributed by atoms with Crippen molar-refractivity contribution in [1.82, 2.24) is 4.90 Å². The molecular formula is C11H15BrClNOS. The number of rotatable bonds is 4. The second kappa shape index (κ2) is 6.03. The molecule has 0 fully saturated rings. The fraction of sp³-hybridized carbons (Fsp3) is 0.545. The summed E-state index contributed by atoms with van der Waals surface area (Å²) < 4.78 is 0. The van der Waals surface area contributed by atoms with Crippen molar-refractivity contribution < 1.29 is 4.79 Å². The van der Waals surface area contributed by atoms with Crippen LogP contribution in [0.5, 0.6) is 0 Å². The molecule has 0 atom stereocenters. The molecule has 0 saturated carbocycles. The third-order valence-electron chi connectivity index (χ3n) is 2.30. The van der Waals surface area contributed by atoms with Crippen molar-refractivity contribution in [2.45, 2.75) is 26.8 Å². The normalized spacial score (nSPS) is 10.9. The number of thiophene rings is 1. The molecule has 0 spiro atoms. The number of alkyl halides is 1. The SMILES string of the molecule is Cc1csc(C(=O)N(CCBr)C(C)C)c1Cl. The second-order valence-electron chi connectivity index (χ2n) is 3.84. The van der Waals surface area contributed by atoms with Crippen molar-refractivity contribution >= 4 is 44.8 Å². The van der Waals surface area contributed by atoms with E-state index in [0.717, 1.165) is 10.9 Å². The molecule has 0 saturated heterocycles. The zero-order valence-electron chi connectivity index (χ0n) is 9.59. The number of halogens is 2. The largest absolute Gasteiger partial charge is 0.335 e. The lowest BCUT2D eigenvalue weighted by Crippen LogP contribution is -2.38. The average Bonchev–Trinajstić information content (AvgIpc) is 2.55. The highest BCUT2D eigenvalue weighted by Crippen LogP contribution is 2.28. The Morgan fingerprint density at radius 1 is 1.62 bits per heavy atom. The molecule has 0 unspecified atom stereocenters. The molecule has 1 aromatic heterocycles. The third kappa shape index (κ3) is 2.99. The monoisotopic (exact) mass is 323 g/mol. The molecule has 0 aliphatic carbocycles. The van der Waals surface area contributed by atoms with Crippen LogP contribution in [-0.2, 0) is 0 Å². The van der Waals surface area contributed by atoms with E-state index in [0.29, 0.717) is 16.4 Å². The van der Waals surface area contributed by atoms with Crippen LogP contribution in [-0.4, -0.2) is 28.7 Å². The summed E-state index contributed by atoms with van der Waals surface area (Å²) in [4.78, 5) is 14.7. The van der Waals surface area contributed by atoms with Crippen LogP contribution in [0.1, 0.15) is 29.1 Å². The first-order valence-electron chi connectivity index (χ1n) is 5.09. The molecule has 16 heavy (non-hydrogen) atoms. The van der Waals surface area contributed by atoms with E-state index in [1.54, 1.807) is 0 Å². The fourth-order valence-electron chi connectivity index (χ4n) is 1.39. The van der Waals surface area contributed by atoms with Gasteiger partial charge in [-0.2, -0.15) is 0 Å². The molecule has 0 aliphatic rings. The lowest BCUT2D eigenvalue weighted by atomic mass is 10.2. The fourth-order valence-corrected chi connectivity index (χ4v) is 3.00. The van der Waals surface area contributed by atoms with Crippen LogP contribution in [0.25, 0.3) is 0 Å². The van der Waals surface area contributed by atoms with E-state index in [4.69, 9.17) is 11.6 Å². The molecule has 0 bridgehead atoms. The number of nitrogens with zero attached hydrogens (tertiary/aromatic N) is 1. The Morgan fingerprint density at radius 2 is 2.25 bits per heavy atom. The third-order valence-corrected chi connectivity index (χ3v) is 4.34. The summed E-state index contributed by atoms with van der Waals surface area (Å²) in [6, 6.07) is 0.184. The Kier molecular flexibility index (Phi) is 5.28. The summed E-state index contributed by atoms with van der Waals surface area (Å²) in [5, 5.41) is 3.29. The molecule has 1 heterocycles. The quantitative estimate of drug-likeness (QED) is 0.768.